The summed E-state index contributed by atoms with van der Waals surface area (Å²) in [4.78, 5) is 3.92. The van der Waals surface area contributed by atoms with E-state index < -0.39 is 10.0 Å². The summed E-state index contributed by atoms with van der Waals surface area (Å²) in [5, 5.41) is 2.84. The van der Waals surface area contributed by atoms with E-state index in [1.54, 1.807) is 26.3 Å². The number of hydrogen-bond acceptors (Lipinski definition) is 6. The molecule has 1 aromatic heterocycles. The number of nitrogens with zero attached hydrogens (tertiary/aromatic N) is 1. The number of nitrogens with one attached hydrogen (secondary N) is 2. The second kappa shape index (κ2) is 9.67. The van der Waals surface area contributed by atoms with Crippen molar-refractivity contribution in [3.63, 3.8) is 0 Å². The standard InChI is InChI=1S/C13H23N3O4S/c1-14-12-6-5-7-15-13(12)21(17,18)16-8-3-4-9-20-11-10-19-2/h5-7,14,16H,3-4,8-11H2,1-2H3. The molecule has 0 aromatic carbocycles. The van der Waals surface area contributed by atoms with Crippen LogP contribution in [-0.4, -0.2) is 53.9 Å². The fourth-order valence-corrected chi connectivity index (χ4v) is 2.85. The zero-order chi connectivity index (χ0) is 15.6. The molecule has 7 nitrogen and oxygen atoms in total. The number of sulfonamides is 1. The molecule has 1 rings (SSSR count). The van der Waals surface area contributed by atoms with Gasteiger partial charge in [0.2, 0.25) is 0 Å². The Morgan fingerprint density at radius 1 is 1.24 bits per heavy atom. The molecule has 0 fully saturated rings. The number of methoxy groups -OCH3 is 1. The van der Waals surface area contributed by atoms with E-state index in [0.717, 1.165) is 6.42 Å². The molecule has 0 atom stereocenters. The van der Waals surface area contributed by atoms with Crippen LogP contribution in [0.2, 0.25) is 0 Å². The van der Waals surface area contributed by atoms with Gasteiger partial charge in [-0.1, -0.05) is 0 Å². The van der Waals surface area contributed by atoms with Crippen molar-refractivity contribution in [3.8, 4) is 0 Å². The molecule has 21 heavy (non-hydrogen) atoms. The molecule has 0 amide bonds. The summed E-state index contributed by atoms with van der Waals surface area (Å²) in [7, 11) is -0.309. The maximum atomic E-state index is 12.1. The smallest absolute Gasteiger partial charge is 0.260 e. The van der Waals surface area contributed by atoms with Crippen LogP contribution < -0.4 is 10.0 Å². The highest BCUT2D eigenvalue weighted by atomic mass is 32.2. The zero-order valence-electron chi connectivity index (χ0n) is 12.5. The average Bonchev–Trinajstić information content (AvgIpc) is 2.50. The van der Waals surface area contributed by atoms with E-state index >= 15 is 0 Å². The van der Waals surface area contributed by atoms with Gasteiger partial charge in [-0.25, -0.2) is 18.1 Å². The van der Waals surface area contributed by atoms with Gasteiger partial charge < -0.3 is 14.8 Å². The predicted octanol–water partition coefficient (Wildman–Crippen LogP) is 0.845. The molecule has 0 unspecified atom stereocenters. The molecular weight excluding hydrogens is 294 g/mol. The lowest BCUT2D eigenvalue weighted by Crippen LogP contribution is -2.26. The Balaban J connectivity index is 2.33. The highest BCUT2D eigenvalue weighted by Gasteiger charge is 2.18. The molecule has 1 aromatic rings. The number of pyridine rings is 1. The van der Waals surface area contributed by atoms with Crippen molar-refractivity contribution in [3.05, 3.63) is 18.3 Å². The van der Waals surface area contributed by atoms with Crippen LogP contribution in [0.4, 0.5) is 5.69 Å². The van der Waals surface area contributed by atoms with Gasteiger partial charge in [-0.15, -0.1) is 0 Å². The quantitative estimate of drug-likeness (QED) is 0.588. The molecule has 8 heteroatoms. The van der Waals surface area contributed by atoms with Gasteiger partial charge in [0.15, 0.2) is 5.03 Å². The second-order valence-electron chi connectivity index (χ2n) is 4.32. The lowest BCUT2D eigenvalue weighted by atomic mass is 10.3. The van der Waals surface area contributed by atoms with Crippen LogP contribution in [-0.2, 0) is 19.5 Å². The van der Waals surface area contributed by atoms with Gasteiger partial charge in [0, 0.05) is 33.5 Å². The molecule has 120 valence electrons. The van der Waals surface area contributed by atoms with Crippen LogP contribution in [0.1, 0.15) is 12.8 Å². The minimum atomic E-state index is -3.59. The number of anilines is 1. The highest BCUT2D eigenvalue weighted by Crippen LogP contribution is 2.16. The van der Waals surface area contributed by atoms with Crippen molar-refractivity contribution in [1.82, 2.24) is 9.71 Å². The summed E-state index contributed by atoms with van der Waals surface area (Å²) in [6.45, 7) is 2.08. The van der Waals surface area contributed by atoms with E-state index in [-0.39, 0.29) is 5.03 Å². The fourth-order valence-electron chi connectivity index (χ4n) is 1.64. The van der Waals surface area contributed by atoms with E-state index in [9.17, 15) is 8.42 Å². The summed E-state index contributed by atoms with van der Waals surface area (Å²) in [5.41, 5.74) is 0.480. The lowest BCUT2D eigenvalue weighted by molar-refractivity contribution is 0.0689. The molecule has 1 heterocycles. The monoisotopic (exact) mass is 317 g/mol. The zero-order valence-corrected chi connectivity index (χ0v) is 13.3. The van der Waals surface area contributed by atoms with E-state index in [1.165, 1.54) is 6.20 Å². The van der Waals surface area contributed by atoms with Crippen molar-refractivity contribution in [1.29, 1.82) is 0 Å². The lowest BCUT2D eigenvalue weighted by Gasteiger charge is -2.10. The Hall–Kier alpha value is -1.22. The number of aromatic nitrogens is 1. The Labute approximate surface area is 126 Å². The number of rotatable bonds is 11. The molecule has 0 radical (unpaired) electrons. The minimum Gasteiger partial charge on any atom is -0.386 e. The first-order valence-corrected chi connectivity index (χ1v) is 8.29. The highest BCUT2D eigenvalue weighted by molar-refractivity contribution is 7.89. The SMILES string of the molecule is CNc1cccnc1S(=O)(=O)NCCCCOCCOC. The normalized spacial score (nSPS) is 11.5. The van der Waals surface area contributed by atoms with Crippen molar-refractivity contribution < 1.29 is 17.9 Å². The second-order valence-corrected chi connectivity index (χ2v) is 6.00. The first-order valence-electron chi connectivity index (χ1n) is 6.81. The molecular formula is C13H23N3O4S. The van der Waals surface area contributed by atoms with Gasteiger partial charge in [-0.3, -0.25) is 0 Å². The molecule has 2 N–H and O–H groups in total. The summed E-state index contributed by atoms with van der Waals surface area (Å²) in [5.74, 6) is 0. The van der Waals surface area contributed by atoms with Crippen molar-refractivity contribution >= 4 is 15.7 Å². The molecule has 0 saturated heterocycles. The average molecular weight is 317 g/mol. The van der Waals surface area contributed by atoms with Gasteiger partial charge in [0.1, 0.15) is 0 Å². The minimum absolute atomic E-state index is 0.0174. The van der Waals surface area contributed by atoms with Crippen LogP contribution in [0.3, 0.4) is 0 Å². The Bertz CT molecular complexity index is 508. The van der Waals surface area contributed by atoms with Crippen LogP contribution in [0, 0.1) is 0 Å². The third kappa shape index (κ3) is 6.38. The summed E-state index contributed by atoms with van der Waals surface area (Å²) in [6.07, 6.45) is 2.94. The van der Waals surface area contributed by atoms with Gasteiger partial charge >= 0.3 is 0 Å². The van der Waals surface area contributed by atoms with Crippen LogP contribution in [0.15, 0.2) is 23.4 Å². The van der Waals surface area contributed by atoms with Gasteiger partial charge in [-0.05, 0) is 25.0 Å². The molecule has 0 saturated carbocycles. The van der Waals surface area contributed by atoms with Crippen LogP contribution >= 0.6 is 0 Å². The summed E-state index contributed by atoms with van der Waals surface area (Å²) >= 11 is 0. The Morgan fingerprint density at radius 3 is 2.76 bits per heavy atom. The van der Waals surface area contributed by atoms with Crippen LogP contribution in [0.25, 0.3) is 0 Å². The third-order valence-electron chi connectivity index (χ3n) is 2.73. The molecule has 0 bridgehead atoms. The van der Waals surface area contributed by atoms with Gasteiger partial charge in [-0.2, -0.15) is 0 Å². The van der Waals surface area contributed by atoms with Crippen molar-refractivity contribution in [2.24, 2.45) is 0 Å². The molecule has 0 aliphatic rings. The number of hydrogen-bond donors (Lipinski definition) is 2. The van der Waals surface area contributed by atoms with Crippen molar-refractivity contribution in [2.75, 3.05) is 45.8 Å². The fraction of sp³-hybridized carbons (Fsp3) is 0.615. The largest absolute Gasteiger partial charge is 0.386 e. The number of unbranched alkanes of at least 4 members (excludes halogenated alkanes) is 1. The van der Waals surface area contributed by atoms with Crippen molar-refractivity contribution in [2.45, 2.75) is 17.9 Å². The first-order chi connectivity index (χ1) is 10.1. The van der Waals surface area contributed by atoms with Crippen LogP contribution in [0.5, 0.6) is 0 Å². The third-order valence-corrected chi connectivity index (χ3v) is 4.15. The Kier molecular flexibility index (Phi) is 8.21. The molecule has 0 aliphatic heterocycles. The van der Waals surface area contributed by atoms with E-state index in [2.05, 4.69) is 15.0 Å². The topological polar surface area (TPSA) is 89.6 Å². The van der Waals surface area contributed by atoms with E-state index in [0.29, 0.717) is 38.5 Å². The maximum Gasteiger partial charge on any atom is 0.260 e. The molecule has 0 aliphatic carbocycles. The maximum absolute atomic E-state index is 12.1. The van der Waals surface area contributed by atoms with Gasteiger partial charge in [0.05, 0.1) is 18.9 Å². The number of ether oxygens (including phenoxy) is 2. The van der Waals surface area contributed by atoms with E-state index in [1.807, 2.05) is 0 Å². The Morgan fingerprint density at radius 2 is 2.05 bits per heavy atom. The van der Waals surface area contributed by atoms with E-state index in [4.69, 9.17) is 9.47 Å². The predicted molar refractivity (Wildman–Crippen MR) is 80.9 cm³/mol. The first kappa shape index (κ1) is 17.8. The summed E-state index contributed by atoms with van der Waals surface area (Å²) < 4.78 is 36.9. The van der Waals surface area contributed by atoms with Gasteiger partial charge in [0.25, 0.3) is 10.0 Å². The summed E-state index contributed by atoms with van der Waals surface area (Å²) in [6, 6.07) is 3.35. The molecule has 0 spiro atoms.